The van der Waals surface area contributed by atoms with Gasteiger partial charge in [0.05, 0.1) is 11.0 Å². The maximum absolute atomic E-state index is 5.08. The summed E-state index contributed by atoms with van der Waals surface area (Å²) >= 11 is 0. The number of benzene rings is 9. The maximum Gasteiger partial charge on any atom is 0.164 e. The first-order valence-electron chi connectivity index (χ1n) is 20.6. The van der Waals surface area contributed by atoms with Crippen LogP contribution >= 0.6 is 0 Å². The number of aromatic nitrogens is 4. The smallest absolute Gasteiger partial charge is 0.164 e. The van der Waals surface area contributed by atoms with Crippen LogP contribution in [0.15, 0.2) is 231 Å². The summed E-state index contributed by atoms with van der Waals surface area (Å²) in [5.41, 5.74) is 15.6. The molecule has 0 aliphatic carbocycles. The van der Waals surface area contributed by atoms with Crippen molar-refractivity contribution in [3.63, 3.8) is 0 Å². The van der Waals surface area contributed by atoms with Crippen molar-refractivity contribution in [2.24, 2.45) is 0 Å². The highest BCUT2D eigenvalue weighted by Crippen LogP contribution is 2.36. The number of nitrogens with zero attached hydrogens (tertiary/aromatic N) is 4. The van der Waals surface area contributed by atoms with E-state index in [1.54, 1.807) is 0 Å². The molecule has 2 aromatic heterocycles. The lowest BCUT2D eigenvalue weighted by Crippen LogP contribution is -2.00. The molecule has 0 radical (unpaired) electrons. The Morgan fingerprint density at radius 3 is 1.20 bits per heavy atom. The van der Waals surface area contributed by atoms with Gasteiger partial charge in [-0.15, -0.1) is 0 Å². The van der Waals surface area contributed by atoms with Crippen molar-refractivity contribution in [2.75, 3.05) is 0 Å². The van der Waals surface area contributed by atoms with E-state index in [9.17, 15) is 0 Å². The van der Waals surface area contributed by atoms with Gasteiger partial charge in [-0.25, -0.2) is 15.0 Å². The summed E-state index contributed by atoms with van der Waals surface area (Å²) in [5, 5.41) is 2.49. The monoisotopic (exact) mass is 778 g/mol. The molecule has 11 aromatic rings. The zero-order valence-electron chi connectivity index (χ0n) is 33.2. The van der Waals surface area contributed by atoms with Gasteiger partial charge in [0.1, 0.15) is 0 Å². The van der Waals surface area contributed by atoms with Crippen LogP contribution in [0.2, 0.25) is 0 Å². The number of hydrogen-bond donors (Lipinski definition) is 0. The minimum Gasteiger partial charge on any atom is -0.309 e. The average Bonchev–Trinajstić information content (AvgIpc) is 3.68. The first kappa shape index (κ1) is 35.9. The summed E-state index contributed by atoms with van der Waals surface area (Å²) in [6.07, 6.45) is 0. The molecule has 0 aliphatic heterocycles. The Balaban J connectivity index is 0.907. The molecule has 0 unspecified atom stereocenters. The van der Waals surface area contributed by atoms with Crippen LogP contribution < -0.4 is 0 Å². The first-order chi connectivity index (χ1) is 30.2. The third-order valence-corrected chi connectivity index (χ3v) is 11.5. The summed E-state index contributed by atoms with van der Waals surface area (Å²) < 4.78 is 2.37. The SMILES string of the molecule is c1ccc(-c2ccc(-c3cccc(-c4nc(-c5ccccc5)nc(-c5ccc(-c6ccc(-n7c8ccccc8c8cc(-c9ccccc9)ccc87)cc6)cc5)n4)c3)cc2)cc1. The summed E-state index contributed by atoms with van der Waals surface area (Å²) in [6, 6.07) is 81.2. The molecule has 61 heavy (non-hydrogen) atoms. The van der Waals surface area contributed by atoms with Crippen molar-refractivity contribution in [2.45, 2.75) is 0 Å². The lowest BCUT2D eigenvalue weighted by molar-refractivity contribution is 1.07. The fraction of sp³-hybridized carbons (Fsp3) is 0. The van der Waals surface area contributed by atoms with Gasteiger partial charge in [0.25, 0.3) is 0 Å². The number of para-hydroxylation sites is 1. The van der Waals surface area contributed by atoms with E-state index in [1.807, 2.05) is 36.4 Å². The second-order valence-electron chi connectivity index (χ2n) is 15.3. The van der Waals surface area contributed by atoms with Gasteiger partial charge < -0.3 is 4.57 Å². The minimum atomic E-state index is 0.630. The topological polar surface area (TPSA) is 43.6 Å². The molecule has 9 aromatic carbocycles. The first-order valence-corrected chi connectivity index (χ1v) is 20.6. The third-order valence-electron chi connectivity index (χ3n) is 11.5. The van der Waals surface area contributed by atoms with Crippen LogP contribution in [0.1, 0.15) is 0 Å². The van der Waals surface area contributed by atoms with E-state index in [1.165, 1.54) is 44.1 Å². The minimum absolute atomic E-state index is 0.630. The fourth-order valence-electron chi connectivity index (χ4n) is 8.35. The van der Waals surface area contributed by atoms with Crippen LogP contribution in [0, 0.1) is 0 Å². The van der Waals surface area contributed by atoms with Crippen molar-refractivity contribution in [3.05, 3.63) is 231 Å². The Morgan fingerprint density at radius 2 is 0.590 bits per heavy atom. The van der Waals surface area contributed by atoms with Gasteiger partial charge in [-0.2, -0.15) is 0 Å². The van der Waals surface area contributed by atoms with Gasteiger partial charge in [0.15, 0.2) is 17.5 Å². The van der Waals surface area contributed by atoms with E-state index >= 15 is 0 Å². The Hall–Kier alpha value is -8.21. The van der Waals surface area contributed by atoms with Crippen molar-refractivity contribution in [3.8, 4) is 84.4 Å². The quantitative estimate of drug-likeness (QED) is 0.154. The average molecular weight is 779 g/mol. The zero-order chi connectivity index (χ0) is 40.5. The fourth-order valence-corrected chi connectivity index (χ4v) is 8.35. The van der Waals surface area contributed by atoms with Crippen LogP contribution in [0.3, 0.4) is 0 Å². The molecular formula is C57H38N4. The Kier molecular flexibility index (Phi) is 9.14. The van der Waals surface area contributed by atoms with Crippen LogP contribution in [0.25, 0.3) is 106 Å². The Labute approximate surface area is 354 Å². The van der Waals surface area contributed by atoms with Crippen LogP contribution in [-0.2, 0) is 0 Å². The zero-order valence-corrected chi connectivity index (χ0v) is 33.2. The third kappa shape index (κ3) is 6.96. The van der Waals surface area contributed by atoms with E-state index in [2.05, 4.69) is 199 Å². The highest BCUT2D eigenvalue weighted by molar-refractivity contribution is 6.10. The van der Waals surface area contributed by atoms with Gasteiger partial charge in [0, 0.05) is 33.2 Å². The highest BCUT2D eigenvalue weighted by Gasteiger charge is 2.16. The summed E-state index contributed by atoms with van der Waals surface area (Å²) in [7, 11) is 0. The van der Waals surface area contributed by atoms with E-state index in [0.717, 1.165) is 44.6 Å². The number of rotatable bonds is 8. The molecule has 0 fully saturated rings. The molecule has 0 bridgehead atoms. The second kappa shape index (κ2) is 15.5. The molecule has 0 amide bonds. The molecule has 0 saturated carbocycles. The Bertz CT molecular complexity index is 3300. The van der Waals surface area contributed by atoms with E-state index < -0.39 is 0 Å². The molecule has 0 atom stereocenters. The van der Waals surface area contributed by atoms with E-state index in [-0.39, 0.29) is 0 Å². The largest absolute Gasteiger partial charge is 0.309 e. The molecule has 11 rings (SSSR count). The molecule has 286 valence electrons. The van der Waals surface area contributed by atoms with E-state index in [4.69, 9.17) is 15.0 Å². The molecular weight excluding hydrogens is 741 g/mol. The van der Waals surface area contributed by atoms with Crippen LogP contribution in [0.5, 0.6) is 0 Å². The van der Waals surface area contributed by atoms with Crippen molar-refractivity contribution >= 4 is 21.8 Å². The predicted octanol–water partition coefficient (Wildman–Crippen LogP) is 14.6. The number of hydrogen-bond acceptors (Lipinski definition) is 3. The normalized spacial score (nSPS) is 11.3. The molecule has 0 N–H and O–H groups in total. The van der Waals surface area contributed by atoms with Crippen LogP contribution in [-0.4, -0.2) is 19.5 Å². The highest BCUT2D eigenvalue weighted by atomic mass is 15.0. The number of fused-ring (bicyclic) bond motifs is 3. The van der Waals surface area contributed by atoms with Crippen molar-refractivity contribution in [1.29, 1.82) is 0 Å². The van der Waals surface area contributed by atoms with Gasteiger partial charge in [-0.3, -0.25) is 0 Å². The molecule has 0 saturated heterocycles. The summed E-state index contributed by atoms with van der Waals surface area (Å²) in [5.74, 6) is 1.90. The standard InChI is InChI=1S/C57H38N4/c1-4-13-39(14-5-1)41-23-25-44(26-24-41)47-19-12-20-49(37-47)57-59-55(45-17-8-3-9-18-45)58-56(60-57)46-29-27-42(28-30-46)43-31-34-50(35-32-43)61-53-22-11-10-21-51(53)52-38-48(33-36-54(52)61)40-15-6-2-7-16-40/h1-38H. The predicted molar refractivity (Wildman–Crippen MR) is 252 cm³/mol. The van der Waals surface area contributed by atoms with Crippen molar-refractivity contribution in [1.82, 2.24) is 19.5 Å². The van der Waals surface area contributed by atoms with Gasteiger partial charge in [-0.1, -0.05) is 194 Å². The molecule has 0 aliphatic rings. The van der Waals surface area contributed by atoms with Gasteiger partial charge in [-0.05, 0) is 80.9 Å². The lowest BCUT2D eigenvalue weighted by Gasteiger charge is -2.11. The molecule has 4 nitrogen and oxygen atoms in total. The van der Waals surface area contributed by atoms with Crippen LogP contribution in [0.4, 0.5) is 0 Å². The van der Waals surface area contributed by atoms with E-state index in [0.29, 0.717) is 17.5 Å². The van der Waals surface area contributed by atoms with Crippen molar-refractivity contribution < 1.29 is 0 Å². The van der Waals surface area contributed by atoms with Gasteiger partial charge >= 0.3 is 0 Å². The molecule has 2 heterocycles. The lowest BCUT2D eigenvalue weighted by atomic mass is 9.99. The molecule has 4 heteroatoms. The second-order valence-corrected chi connectivity index (χ2v) is 15.3. The Morgan fingerprint density at radius 1 is 0.230 bits per heavy atom. The summed E-state index contributed by atoms with van der Waals surface area (Å²) in [6.45, 7) is 0. The maximum atomic E-state index is 5.08. The van der Waals surface area contributed by atoms with Gasteiger partial charge in [0.2, 0.25) is 0 Å². The molecule has 0 spiro atoms. The summed E-state index contributed by atoms with van der Waals surface area (Å²) in [4.78, 5) is 15.1.